The summed E-state index contributed by atoms with van der Waals surface area (Å²) in [5.74, 6) is -0.0561. The predicted molar refractivity (Wildman–Crippen MR) is 127 cm³/mol. The molecule has 2 aromatic carbocycles. The van der Waals surface area contributed by atoms with E-state index in [9.17, 15) is 9.59 Å². The SMILES string of the molecule is Cc1ccc2occ(CN3CCC4(CCC(CNC(=O)c5ccccc5)O4)CC3)c(=O)c2c1. The Morgan fingerprint density at radius 2 is 1.91 bits per heavy atom. The maximum absolute atomic E-state index is 12.9. The molecular formula is C27H30N2O4. The number of piperidine rings is 1. The van der Waals surface area contributed by atoms with E-state index < -0.39 is 0 Å². The third kappa shape index (κ3) is 4.72. The molecule has 3 aromatic rings. The average Bonchev–Trinajstić information content (AvgIpc) is 3.24. The first kappa shape index (κ1) is 21.9. The van der Waals surface area contributed by atoms with Crippen LogP contribution < -0.4 is 10.7 Å². The molecule has 0 aliphatic carbocycles. The van der Waals surface area contributed by atoms with E-state index in [1.807, 2.05) is 55.5 Å². The summed E-state index contributed by atoms with van der Waals surface area (Å²) >= 11 is 0. The van der Waals surface area contributed by atoms with Crippen LogP contribution in [-0.2, 0) is 11.3 Å². The highest BCUT2D eigenvalue weighted by atomic mass is 16.5. The van der Waals surface area contributed by atoms with Crippen LogP contribution in [0.15, 0.2) is 64.0 Å². The molecule has 2 aliphatic rings. The van der Waals surface area contributed by atoms with E-state index in [-0.39, 0.29) is 23.0 Å². The molecule has 6 heteroatoms. The molecule has 0 radical (unpaired) electrons. The standard InChI is InChI=1S/C27H30N2O4/c1-19-7-8-24-23(15-19)25(30)21(18-32-24)17-29-13-11-27(12-14-29)10-9-22(33-27)16-28-26(31)20-5-3-2-4-6-20/h2-8,15,18,22H,9-14,16-17H2,1H3,(H,28,31). The second-order valence-corrected chi connectivity index (χ2v) is 9.40. The maximum Gasteiger partial charge on any atom is 0.251 e. The van der Waals surface area contributed by atoms with Crippen LogP contribution in [0.25, 0.3) is 11.0 Å². The number of hydrogen-bond acceptors (Lipinski definition) is 5. The molecular weight excluding hydrogens is 416 g/mol. The molecule has 6 nitrogen and oxygen atoms in total. The number of rotatable bonds is 5. The summed E-state index contributed by atoms with van der Waals surface area (Å²) in [6, 6.07) is 15.0. The molecule has 1 N–H and O–H groups in total. The number of nitrogens with one attached hydrogen (secondary N) is 1. The Hall–Kier alpha value is -2.96. The van der Waals surface area contributed by atoms with Gasteiger partial charge in [0.15, 0.2) is 5.43 Å². The Morgan fingerprint density at radius 1 is 1.12 bits per heavy atom. The molecule has 1 spiro atoms. The highest BCUT2D eigenvalue weighted by Crippen LogP contribution is 2.39. The van der Waals surface area contributed by atoms with Crippen LogP contribution in [0.5, 0.6) is 0 Å². The fourth-order valence-corrected chi connectivity index (χ4v) is 5.06. The van der Waals surface area contributed by atoms with E-state index >= 15 is 0 Å². The van der Waals surface area contributed by atoms with Crippen molar-refractivity contribution in [2.24, 2.45) is 0 Å². The monoisotopic (exact) mass is 446 g/mol. The number of aryl methyl sites for hydroxylation is 1. The van der Waals surface area contributed by atoms with Crippen molar-refractivity contribution in [2.45, 2.75) is 50.9 Å². The minimum atomic E-state index is -0.107. The summed E-state index contributed by atoms with van der Waals surface area (Å²) in [7, 11) is 0. The quantitative estimate of drug-likeness (QED) is 0.640. The lowest BCUT2D eigenvalue weighted by Crippen LogP contribution is -2.45. The summed E-state index contributed by atoms with van der Waals surface area (Å²) in [5, 5.41) is 3.66. The first-order valence-electron chi connectivity index (χ1n) is 11.8. The van der Waals surface area contributed by atoms with Crippen molar-refractivity contribution in [3.05, 3.63) is 81.7 Å². The molecule has 1 amide bonds. The van der Waals surface area contributed by atoms with Gasteiger partial charge in [-0.2, -0.15) is 0 Å². The second kappa shape index (κ2) is 9.12. The number of carbonyl (C=O) groups is 1. The molecule has 2 saturated heterocycles. The molecule has 0 bridgehead atoms. The number of carbonyl (C=O) groups excluding carboxylic acids is 1. The van der Waals surface area contributed by atoms with Crippen LogP contribution in [0.1, 0.15) is 47.2 Å². The Labute approximate surface area is 193 Å². The van der Waals surface area contributed by atoms with Gasteiger partial charge >= 0.3 is 0 Å². The fraction of sp³-hybridized carbons (Fsp3) is 0.407. The topological polar surface area (TPSA) is 71.8 Å². The van der Waals surface area contributed by atoms with E-state index in [2.05, 4.69) is 10.2 Å². The van der Waals surface area contributed by atoms with Crippen LogP contribution in [0, 0.1) is 6.92 Å². The molecule has 5 rings (SSSR count). The molecule has 1 unspecified atom stereocenters. The van der Waals surface area contributed by atoms with Crippen LogP contribution >= 0.6 is 0 Å². The summed E-state index contributed by atoms with van der Waals surface area (Å²) in [4.78, 5) is 27.6. The van der Waals surface area contributed by atoms with Gasteiger partial charge in [0, 0.05) is 37.3 Å². The lowest BCUT2D eigenvalue weighted by atomic mass is 9.88. The zero-order chi connectivity index (χ0) is 22.8. The molecule has 33 heavy (non-hydrogen) atoms. The smallest absolute Gasteiger partial charge is 0.251 e. The number of fused-ring (bicyclic) bond motifs is 1. The second-order valence-electron chi connectivity index (χ2n) is 9.40. The summed E-state index contributed by atoms with van der Waals surface area (Å²) in [6.45, 7) is 4.88. The zero-order valence-electron chi connectivity index (χ0n) is 19.0. The largest absolute Gasteiger partial charge is 0.464 e. The Kier molecular flexibility index (Phi) is 6.04. The molecule has 1 aromatic heterocycles. The van der Waals surface area contributed by atoms with Crippen LogP contribution in [0.3, 0.4) is 0 Å². The van der Waals surface area contributed by atoms with E-state index in [0.717, 1.165) is 44.3 Å². The molecule has 0 saturated carbocycles. The zero-order valence-corrected chi connectivity index (χ0v) is 19.0. The average molecular weight is 447 g/mol. The van der Waals surface area contributed by atoms with E-state index in [4.69, 9.17) is 9.15 Å². The van der Waals surface area contributed by atoms with Crippen molar-refractivity contribution in [2.75, 3.05) is 19.6 Å². The van der Waals surface area contributed by atoms with E-state index in [0.29, 0.717) is 35.2 Å². The van der Waals surface area contributed by atoms with Crippen molar-refractivity contribution in [1.29, 1.82) is 0 Å². The van der Waals surface area contributed by atoms with Crippen LogP contribution in [0.2, 0.25) is 0 Å². The van der Waals surface area contributed by atoms with Crippen LogP contribution in [-0.4, -0.2) is 42.1 Å². The van der Waals surface area contributed by atoms with Gasteiger partial charge in [0.05, 0.1) is 23.4 Å². The first-order chi connectivity index (χ1) is 16.0. The Bertz CT molecular complexity index is 1200. The molecule has 2 aliphatic heterocycles. The summed E-state index contributed by atoms with van der Waals surface area (Å²) in [6.07, 6.45) is 5.52. The van der Waals surface area contributed by atoms with E-state index in [1.165, 1.54) is 0 Å². The van der Waals surface area contributed by atoms with Crippen molar-refractivity contribution >= 4 is 16.9 Å². The predicted octanol–water partition coefficient (Wildman–Crippen LogP) is 4.05. The van der Waals surface area contributed by atoms with Gasteiger partial charge in [0.2, 0.25) is 0 Å². The number of benzene rings is 2. The minimum absolute atomic E-state index is 0.0555. The highest BCUT2D eigenvalue weighted by Gasteiger charge is 2.42. The summed E-state index contributed by atoms with van der Waals surface area (Å²) < 4.78 is 12.2. The van der Waals surface area contributed by atoms with E-state index in [1.54, 1.807) is 6.26 Å². The van der Waals surface area contributed by atoms with Crippen molar-refractivity contribution in [1.82, 2.24) is 10.2 Å². The summed E-state index contributed by atoms with van der Waals surface area (Å²) in [5.41, 5.74) is 3.02. The van der Waals surface area contributed by atoms with Crippen molar-refractivity contribution in [3.63, 3.8) is 0 Å². The molecule has 3 heterocycles. The first-order valence-corrected chi connectivity index (χ1v) is 11.8. The number of likely N-dealkylation sites (tertiary alicyclic amines) is 1. The van der Waals surface area contributed by atoms with Gasteiger partial charge in [-0.15, -0.1) is 0 Å². The lowest BCUT2D eigenvalue weighted by Gasteiger charge is -2.39. The number of amides is 1. The van der Waals surface area contributed by atoms with Gasteiger partial charge in [-0.25, -0.2) is 0 Å². The number of nitrogens with zero attached hydrogens (tertiary/aromatic N) is 1. The Balaban J connectivity index is 1.15. The van der Waals surface area contributed by atoms with Crippen molar-refractivity contribution in [3.8, 4) is 0 Å². The molecule has 172 valence electrons. The van der Waals surface area contributed by atoms with Gasteiger partial charge in [-0.05, 0) is 56.9 Å². The van der Waals surface area contributed by atoms with Gasteiger partial charge in [-0.1, -0.05) is 29.8 Å². The maximum atomic E-state index is 12.9. The lowest BCUT2D eigenvalue weighted by molar-refractivity contribution is -0.0765. The third-order valence-corrected chi connectivity index (χ3v) is 7.03. The van der Waals surface area contributed by atoms with Crippen LogP contribution in [0.4, 0.5) is 0 Å². The normalized spacial score (nSPS) is 20.3. The minimum Gasteiger partial charge on any atom is -0.464 e. The molecule has 2 fully saturated rings. The number of hydrogen-bond donors (Lipinski definition) is 1. The van der Waals surface area contributed by atoms with Gasteiger partial charge in [0.25, 0.3) is 5.91 Å². The Morgan fingerprint density at radius 3 is 2.70 bits per heavy atom. The third-order valence-electron chi connectivity index (χ3n) is 7.03. The van der Waals surface area contributed by atoms with Gasteiger partial charge in [-0.3, -0.25) is 14.5 Å². The van der Waals surface area contributed by atoms with Crippen molar-refractivity contribution < 1.29 is 13.9 Å². The molecule has 1 atom stereocenters. The fourth-order valence-electron chi connectivity index (χ4n) is 5.06. The number of ether oxygens (including phenoxy) is 1. The van der Waals surface area contributed by atoms with Gasteiger partial charge in [0.1, 0.15) is 5.58 Å². The highest BCUT2D eigenvalue weighted by molar-refractivity contribution is 5.94. The van der Waals surface area contributed by atoms with Gasteiger partial charge < -0.3 is 14.5 Å².